The Labute approximate surface area is 167 Å². The van der Waals surface area contributed by atoms with Crippen molar-refractivity contribution < 1.29 is 13.2 Å². The molecule has 1 aromatic carbocycles. The highest BCUT2D eigenvalue weighted by atomic mass is 32.2. The van der Waals surface area contributed by atoms with Gasteiger partial charge in [0.05, 0.1) is 17.5 Å². The summed E-state index contributed by atoms with van der Waals surface area (Å²) in [6.45, 7) is 5.59. The third-order valence-corrected chi connectivity index (χ3v) is 7.75. The van der Waals surface area contributed by atoms with Gasteiger partial charge in [-0.1, -0.05) is 12.1 Å². The van der Waals surface area contributed by atoms with Crippen molar-refractivity contribution in [2.24, 2.45) is 0 Å². The molecule has 1 saturated heterocycles. The highest BCUT2D eigenvalue weighted by Crippen LogP contribution is 2.29. The van der Waals surface area contributed by atoms with E-state index < -0.39 is 15.6 Å². The minimum atomic E-state index is -3.54. The minimum Gasteiger partial charge on any atom is -0.337 e. The maximum Gasteiger partial charge on any atom is 0.243 e. The Balaban J connectivity index is 1.58. The van der Waals surface area contributed by atoms with Crippen LogP contribution in [0, 0.1) is 25.2 Å². The third kappa shape index (κ3) is 4.37. The molecule has 1 aliphatic heterocycles. The first kappa shape index (κ1) is 20.8. The fourth-order valence-electron chi connectivity index (χ4n) is 4.01. The molecule has 0 aromatic heterocycles. The summed E-state index contributed by atoms with van der Waals surface area (Å²) in [5.74, 6) is -0.158. The molecule has 0 bridgehead atoms. The Hall–Kier alpha value is -1.95. The molecular formula is C20H28N4O3S. The molecule has 1 aromatic rings. The number of amides is 1. The first-order valence-corrected chi connectivity index (χ1v) is 11.2. The highest BCUT2D eigenvalue weighted by molar-refractivity contribution is 7.89. The molecular weight excluding hydrogens is 376 g/mol. The molecule has 1 N–H and O–H groups in total. The molecule has 0 atom stereocenters. The van der Waals surface area contributed by atoms with Gasteiger partial charge in [0.15, 0.2) is 0 Å². The number of hydrogen-bond acceptors (Lipinski definition) is 5. The molecule has 1 aliphatic carbocycles. The van der Waals surface area contributed by atoms with E-state index in [0.29, 0.717) is 43.9 Å². The fourth-order valence-corrected chi connectivity index (χ4v) is 5.74. The van der Waals surface area contributed by atoms with Crippen LogP contribution in [0.15, 0.2) is 23.1 Å². The topological polar surface area (TPSA) is 93.5 Å². The lowest BCUT2D eigenvalue weighted by Gasteiger charge is -2.34. The smallest absolute Gasteiger partial charge is 0.243 e. The Bertz CT molecular complexity index is 877. The number of rotatable bonds is 5. The van der Waals surface area contributed by atoms with Crippen molar-refractivity contribution >= 4 is 15.9 Å². The standard InChI is InChI=1S/C20H28N4O3S/c1-16-5-6-17(2)18(13-16)28(26,27)24-11-9-23(10-12-24)14-19(25)22-20(15-21)7-3-4-8-20/h5-6,13H,3-4,7-12,14H2,1-2H3,(H,22,25). The van der Waals surface area contributed by atoms with Crippen LogP contribution in [0.1, 0.15) is 36.8 Å². The fraction of sp³-hybridized carbons (Fsp3) is 0.600. The monoisotopic (exact) mass is 404 g/mol. The highest BCUT2D eigenvalue weighted by Gasteiger charge is 2.36. The van der Waals surface area contributed by atoms with E-state index in [4.69, 9.17) is 0 Å². The molecule has 152 valence electrons. The van der Waals surface area contributed by atoms with Gasteiger partial charge < -0.3 is 5.32 Å². The minimum absolute atomic E-state index is 0.158. The van der Waals surface area contributed by atoms with Gasteiger partial charge >= 0.3 is 0 Å². The zero-order valence-corrected chi connectivity index (χ0v) is 17.4. The molecule has 1 saturated carbocycles. The van der Waals surface area contributed by atoms with Crippen LogP contribution < -0.4 is 5.32 Å². The van der Waals surface area contributed by atoms with E-state index in [1.54, 1.807) is 13.0 Å². The Kier molecular flexibility index (Phi) is 6.08. The number of aryl methyl sites for hydroxylation is 2. The first-order chi connectivity index (χ1) is 13.3. The predicted molar refractivity (Wildman–Crippen MR) is 106 cm³/mol. The van der Waals surface area contributed by atoms with E-state index in [0.717, 1.165) is 24.0 Å². The summed E-state index contributed by atoms with van der Waals surface area (Å²) < 4.78 is 27.5. The molecule has 0 spiro atoms. The zero-order chi connectivity index (χ0) is 20.4. The molecule has 3 rings (SSSR count). The summed E-state index contributed by atoms with van der Waals surface area (Å²) in [5.41, 5.74) is 0.939. The lowest BCUT2D eigenvalue weighted by molar-refractivity contribution is -0.123. The molecule has 0 radical (unpaired) electrons. The lowest BCUT2D eigenvalue weighted by atomic mass is 10.00. The normalized spacial score (nSPS) is 20.6. The van der Waals surface area contributed by atoms with E-state index in [1.807, 2.05) is 24.0 Å². The molecule has 7 nitrogen and oxygen atoms in total. The van der Waals surface area contributed by atoms with Crippen LogP contribution in [0.25, 0.3) is 0 Å². The number of nitrogens with one attached hydrogen (secondary N) is 1. The second kappa shape index (κ2) is 8.19. The molecule has 0 unspecified atom stereocenters. The molecule has 8 heteroatoms. The van der Waals surface area contributed by atoms with E-state index in [-0.39, 0.29) is 12.5 Å². The van der Waals surface area contributed by atoms with Gasteiger partial charge in [0, 0.05) is 26.2 Å². The number of nitrogens with zero attached hydrogens (tertiary/aromatic N) is 3. The zero-order valence-electron chi connectivity index (χ0n) is 16.6. The number of carbonyl (C=O) groups excluding carboxylic acids is 1. The van der Waals surface area contributed by atoms with Gasteiger partial charge in [0.1, 0.15) is 5.54 Å². The van der Waals surface area contributed by atoms with Crippen LogP contribution in [0.4, 0.5) is 0 Å². The van der Waals surface area contributed by atoms with Gasteiger partial charge in [-0.15, -0.1) is 0 Å². The largest absolute Gasteiger partial charge is 0.337 e. The average Bonchev–Trinajstić information content (AvgIpc) is 3.13. The molecule has 2 aliphatic rings. The van der Waals surface area contributed by atoms with Gasteiger partial charge in [-0.3, -0.25) is 9.69 Å². The Morgan fingerprint density at radius 1 is 1.18 bits per heavy atom. The van der Waals surface area contributed by atoms with Crippen molar-refractivity contribution in [1.82, 2.24) is 14.5 Å². The molecule has 2 fully saturated rings. The molecule has 28 heavy (non-hydrogen) atoms. The predicted octanol–water partition coefficient (Wildman–Crippen LogP) is 1.56. The van der Waals surface area contributed by atoms with Crippen molar-refractivity contribution in [1.29, 1.82) is 5.26 Å². The van der Waals surface area contributed by atoms with Crippen LogP contribution in [0.2, 0.25) is 0 Å². The summed E-state index contributed by atoms with van der Waals surface area (Å²) in [4.78, 5) is 14.7. The van der Waals surface area contributed by atoms with E-state index in [1.165, 1.54) is 4.31 Å². The Morgan fingerprint density at radius 2 is 1.82 bits per heavy atom. The average molecular weight is 405 g/mol. The van der Waals surface area contributed by atoms with Gasteiger partial charge in [-0.2, -0.15) is 9.57 Å². The maximum atomic E-state index is 13.0. The van der Waals surface area contributed by atoms with E-state index in [2.05, 4.69) is 11.4 Å². The Morgan fingerprint density at radius 3 is 2.43 bits per heavy atom. The van der Waals surface area contributed by atoms with Crippen LogP contribution in [-0.4, -0.2) is 61.8 Å². The van der Waals surface area contributed by atoms with E-state index in [9.17, 15) is 18.5 Å². The number of hydrogen-bond donors (Lipinski definition) is 1. The van der Waals surface area contributed by atoms with Crippen LogP contribution >= 0.6 is 0 Å². The quantitative estimate of drug-likeness (QED) is 0.804. The van der Waals surface area contributed by atoms with Crippen LogP contribution in [-0.2, 0) is 14.8 Å². The SMILES string of the molecule is Cc1ccc(C)c(S(=O)(=O)N2CCN(CC(=O)NC3(C#N)CCCC3)CC2)c1. The first-order valence-electron chi connectivity index (χ1n) is 9.78. The van der Waals surface area contributed by atoms with Crippen molar-refractivity contribution in [2.45, 2.75) is 50.0 Å². The third-order valence-electron chi connectivity index (χ3n) is 5.71. The van der Waals surface area contributed by atoms with Gasteiger partial charge in [-0.05, 0) is 56.7 Å². The van der Waals surface area contributed by atoms with Crippen molar-refractivity contribution in [3.8, 4) is 6.07 Å². The summed E-state index contributed by atoms with van der Waals surface area (Å²) in [5, 5.41) is 12.3. The van der Waals surface area contributed by atoms with Gasteiger partial charge in [0.2, 0.25) is 15.9 Å². The summed E-state index contributed by atoms with van der Waals surface area (Å²) in [6, 6.07) is 7.71. The van der Waals surface area contributed by atoms with Crippen molar-refractivity contribution in [2.75, 3.05) is 32.7 Å². The maximum absolute atomic E-state index is 13.0. The number of carbonyl (C=O) groups is 1. The van der Waals surface area contributed by atoms with Crippen LogP contribution in [0.5, 0.6) is 0 Å². The summed E-state index contributed by atoms with van der Waals surface area (Å²) in [7, 11) is -3.54. The summed E-state index contributed by atoms with van der Waals surface area (Å²) >= 11 is 0. The van der Waals surface area contributed by atoms with Crippen LogP contribution in [0.3, 0.4) is 0 Å². The number of benzene rings is 1. The number of piperazine rings is 1. The van der Waals surface area contributed by atoms with E-state index >= 15 is 0 Å². The number of nitriles is 1. The second-order valence-electron chi connectivity index (χ2n) is 7.90. The van der Waals surface area contributed by atoms with Crippen molar-refractivity contribution in [3.05, 3.63) is 29.3 Å². The van der Waals surface area contributed by atoms with Crippen molar-refractivity contribution in [3.63, 3.8) is 0 Å². The van der Waals surface area contributed by atoms with Gasteiger partial charge in [-0.25, -0.2) is 8.42 Å². The summed E-state index contributed by atoms with van der Waals surface area (Å²) in [6.07, 6.45) is 3.33. The van der Waals surface area contributed by atoms with Gasteiger partial charge in [0.25, 0.3) is 0 Å². The number of sulfonamides is 1. The molecule has 1 amide bonds. The lowest BCUT2D eigenvalue weighted by Crippen LogP contribution is -2.53. The second-order valence-corrected chi connectivity index (χ2v) is 9.80. The molecule has 1 heterocycles.